The quantitative estimate of drug-likeness (QED) is 0.0946. The number of carbonyl (C=O) groups is 5. The summed E-state index contributed by atoms with van der Waals surface area (Å²) in [5.74, 6) is -2.27. The van der Waals surface area contributed by atoms with Crippen LogP contribution in [-0.4, -0.2) is 115 Å². The topological polar surface area (TPSA) is 196 Å². The van der Waals surface area contributed by atoms with Gasteiger partial charge in [0.25, 0.3) is 0 Å². The Bertz CT molecular complexity index is 619. The molecule has 0 rings (SSSR count). The minimum absolute atomic E-state index is 0.0645. The fraction of sp³-hybridized carbons (Fsp3) is 0.750. The molecular weight excluding hydrogens is 454 g/mol. The molecule has 0 fully saturated rings. The average Bonchev–Trinajstić information content (AvgIpc) is 2.81. The van der Waals surface area contributed by atoms with Crippen LogP contribution in [0.2, 0.25) is 0 Å². The minimum atomic E-state index is -0.587. The largest absolute Gasteiger partial charge is 0.379 e. The smallest absolute Gasteiger partial charge is 0.239 e. The Kier molecular flexibility index (Phi) is 20.4. The summed E-state index contributed by atoms with van der Waals surface area (Å²) in [7, 11) is 0. The first-order chi connectivity index (χ1) is 16.3. The van der Waals surface area contributed by atoms with Crippen LogP contribution in [0.4, 0.5) is 0 Å². The first kappa shape index (κ1) is 31.4. The maximum atomic E-state index is 11.7. The summed E-state index contributed by atoms with van der Waals surface area (Å²) in [4.78, 5) is 57.0. The highest BCUT2D eigenvalue weighted by atomic mass is 16.6. The number of hydrogen-bond acceptors (Lipinski definition) is 10. The molecule has 0 aromatic carbocycles. The third-order valence-corrected chi connectivity index (χ3v) is 3.72. The van der Waals surface area contributed by atoms with Crippen molar-refractivity contribution in [1.82, 2.24) is 21.3 Å². The lowest BCUT2D eigenvalue weighted by molar-refractivity contribution is -0.129. The summed E-state index contributed by atoms with van der Waals surface area (Å²) < 4.78 is 21.0. The number of nitrogens with one attached hydrogen (secondary N) is 4. The van der Waals surface area contributed by atoms with E-state index in [9.17, 15) is 24.0 Å². The molecule has 0 atom stereocenters. The van der Waals surface area contributed by atoms with Crippen molar-refractivity contribution in [3.63, 3.8) is 0 Å². The molecule has 0 radical (unpaired) electrons. The Morgan fingerprint density at radius 1 is 0.529 bits per heavy atom. The molecule has 0 aromatic rings. The van der Waals surface area contributed by atoms with Gasteiger partial charge < -0.3 is 45.9 Å². The van der Waals surface area contributed by atoms with Crippen LogP contribution in [0, 0.1) is 0 Å². The molecule has 0 aliphatic rings. The monoisotopic (exact) mass is 491 g/mol. The molecule has 0 aliphatic heterocycles. The zero-order chi connectivity index (χ0) is 25.4. The molecule has 0 heterocycles. The minimum Gasteiger partial charge on any atom is -0.379 e. The molecule has 4 amide bonds. The van der Waals surface area contributed by atoms with Gasteiger partial charge in [0.1, 0.15) is 5.78 Å². The summed E-state index contributed by atoms with van der Waals surface area (Å²) in [6.45, 7) is 3.88. The van der Waals surface area contributed by atoms with Gasteiger partial charge in [0, 0.05) is 13.0 Å². The van der Waals surface area contributed by atoms with E-state index in [4.69, 9.17) is 24.7 Å². The van der Waals surface area contributed by atoms with Crippen molar-refractivity contribution in [2.75, 3.05) is 85.6 Å². The van der Waals surface area contributed by atoms with Crippen LogP contribution >= 0.6 is 0 Å². The fourth-order valence-corrected chi connectivity index (χ4v) is 2.05. The number of amides is 4. The van der Waals surface area contributed by atoms with E-state index in [2.05, 4.69) is 21.3 Å². The van der Waals surface area contributed by atoms with E-state index in [1.54, 1.807) is 0 Å². The molecule has 0 saturated heterocycles. The predicted molar refractivity (Wildman–Crippen MR) is 120 cm³/mol. The van der Waals surface area contributed by atoms with Gasteiger partial charge in [-0.2, -0.15) is 0 Å². The summed E-state index contributed by atoms with van der Waals surface area (Å²) >= 11 is 0. The Balaban J connectivity index is 3.53. The van der Waals surface area contributed by atoms with Gasteiger partial charge in [-0.25, -0.2) is 0 Å². The third kappa shape index (κ3) is 22.5. The molecule has 14 nitrogen and oxygen atoms in total. The van der Waals surface area contributed by atoms with Crippen LogP contribution < -0.4 is 27.0 Å². The molecule has 0 spiro atoms. The van der Waals surface area contributed by atoms with Crippen LogP contribution in [0.15, 0.2) is 0 Å². The Morgan fingerprint density at radius 3 is 1.29 bits per heavy atom. The first-order valence-corrected chi connectivity index (χ1v) is 10.9. The highest BCUT2D eigenvalue weighted by molar-refractivity contribution is 5.90. The summed E-state index contributed by atoms with van der Waals surface area (Å²) in [5.41, 5.74) is 5.29. The third-order valence-electron chi connectivity index (χ3n) is 3.72. The van der Waals surface area contributed by atoms with Crippen LogP contribution in [0.3, 0.4) is 0 Å². The molecule has 0 aliphatic carbocycles. The van der Waals surface area contributed by atoms with Gasteiger partial charge >= 0.3 is 0 Å². The number of nitrogens with two attached hydrogens (primary N) is 1. The highest BCUT2D eigenvalue weighted by Gasteiger charge is 2.09. The second kappa shape index (κ2) is 22.2. The van der Waals surface area contributed by atoms with Gasteiger partial charge in [0.15, 0.2) is 0 Å². The summed E-state index contributed by atoms with van der Waals surface area (Å²) in [5, 5.41) is 9.31. The maximum Gasteiger partial charge on any atom is 0.239 e. The molecule has 6 N–H and O–H groups in total. The Morgan fingerprint density at radius 2 is 0.882 bits per heavy atom. The van der Waals surface area contributed by atoms with Crippen molar-refractivity contribution in [1.29, 1.82) is 0 Å². The van der Waals surface area contributed by atoms with Crippen molar-refractivity contribution in [3.8, 4) is 0 Å². The number of ether oxygens (including phenoxy) is 4. The van der Waals surface area contributed by atoms with Crippen molar-refractivity contribution in [3.05, 3.63) is 0 Å². The van der Waals surface area contributed by atoms with E-state index in [0.717, 1.165) is 0 Å². The van der Waals surface area contributed by atoms with Crippen LogP contribution in [-0.2, 0) is 42.9 Å². The van der Waals surface area contributed by atoms with Crippen LogP contribution in [0.1, 0.15) is 13.3 Å². The SMILES string of the molecule is CC(=O)CNC(=O)CNC(=O)CNC(=O)CNC(=O)CCOCCOCCOCCOCCN. The lowest BCUT2D eigenvalue weighted by atomic mass is 10.4. The van der Waals surface area contributed by atoms with Crippen LogP contribution in [0.25, 0.3) is 0 Å². The van der Waals surface area contributed by atoms with E-state index in [-0.39, 0.29) is 50.9 Å². The van der Waals surface area contributed by atoms with E-state index in [1.807, 2.05) is 0 Å². The zero-order valence-corrected chi connectivity index (χ0v) is 19.7. The lowest BCUT2D eigenvalue weighted by Gasteiger charge is -2.09. The van der Waals surface area contributed by atoms with Gasteiger partial charge in [0.2, 0.25) is 23.6 Å². The molecular formula is C20H37N5O9. The number of rotatable bonds is 22. The Hall–Kier alpha value is -2.65. The summed E-state index contributed by atoms with van der Waals surface area (Å²) in [6.07, 6.45) is 0.0645. The summed E-state index contributed by atoms with van der Waals surface area (Å²) in [6, 6.07) is 0. The van der Waals surface area contributed by atoms with Gasteiger partial charge in [-0.1, -0.05) is 0 Å². The van der Waals surface area contributed by atoms with Crippen molar-refractivity contribution in [2.24, 2.45) is 5.73 Å². The molecule has 14 heteroatoms. The molecule has 196 valence electrons. The zero-order valence-electron chi connectivity index (χ0n) is 19.7. The number of ketones is 1. The van der Waals surface area contributed by atoms with E-state index < -0.39 is 17.7 Å². The van der Waals surface area contributed by atoms with Gasteiger partial charge in [-0.05, 0) is 6.92 Å². The number of hydrogen-bond donors (Lipinski definition) is 5. The van der Waals surface area contributed by atoms with Crippen molar-refractivity contribution in [2.45, 2.75) is 13.3 Å². The second-order valence-corrected chi connectivity index (χ2v) is 6.80. The van der Waals surface area contributed by atoms with Gasteiger partial charge in [-0.3, -0.25) is 24.0 Å². The van der Waals surface area contributed by atoms with Gasteiger partial charge in [0.05, 0.1) is 79.0 Å². The van der Waals surface area contributed by atoms with Crippen molar-refractivity contribution >= 4 is 29.4 Å². The lowest BCUT2D eigenvalue weighted by Crippen LogP contribution is -2.44. The van der Waals surface area contributed by atoms with Gasteiger partial charge in [-0.15, -0.1) is 0 Å². The standard InChI is InChI=1S/C20H37N5O9/c1-16(26)12-22-18(28)14-24-20(30)15-25-19(29)13-23-17(27)2-4-31-6-8-33-10-11-34-9-7-32-5-3-21/h2-15,21H2,1H3,(H,22,28)(H,23,27)(H,24,30)(H,25,29). The van der Waals surface area contributed by atoms with Crippen LogP contribution in [0.5, 0.6) is 0 Å². The molecule has 0 bridgehead atoms. The first-order valence-electron chi connectivity index (χ1n) is 10.9. The fourth-order valence-electron chi connectivity index (χ4n) is 2.05. The normalized spacial score (nSPS) is 10.4. The van der Waals surface area contributed by atoms with E-state index in [0.29, 0.717) is 52.8 Å². The van der Waals surface area contributed by atoms with E-state index in [1.165, 1.54) is 6.92 Å². The molecule has 0 aromatic heterocycles. The average molecular weight is 492 g/mol. The van der Waals surface area contributed by atoms with E-state index >= 15 is 0 Å². The number of carbonyl (C=O) groups excluding carboxylic acids is 5. The number of Topliss-reactive ketones (excluding diaryl/α,β-unsaturated/α-hetero) is 1. The molecule has 0 saturated carbocycles. The Labute approximate surface area is 198 Å². The predicted octanol–water partition coefficient (Wildman–Crippen LogP) is -3.54. The molecule has 34 heavy (non-hydrogen) atoms. The highest BCUT2D eigenvalue weighted by Crippen LogP contribution is 1.86. The maximum absolute atomic E-state index is 11.7. The second-order valence-electron chi connectivity index (χ2n) is 6.80. The van der Waals surface area contributed by atoms with Crippen molar-refractivity contribution < 1.29 is 42.9 Å². The molecule has 0 unspecified atom stereocenters.